The first-order valence-corrected chi connectivity index (χ1v) is 11.3. The Morgan fingerprint density at radius 2 is 1.85 bits per heavy atom. The Bertz CT molecular complexity index is 1200. The van der Waals surface area contributed by atoms with Gasteiger partial charge in [0.05, 0.1) is 25.3 Å². The standard InChI is InChI=1S/C25H28N4O4/c1-33-20-10-7-17(8-11-20)13-23(30)28-21-15-26-22-12-9-19(16-29(22)25(21)32)24(31)27-14-18-5-3-2-4-6-18/h7-12,15-16,18H,2-6,13-14H2,1H3,(H,27,31)(H,28,30). The van der Waals surface area contributed by atoms with Crippen LogP contribution in [-0.2, 0) is 11.2 Å². The first-order chi connectivity index (χ1) is 16.0. The van der Waals surface area contributed by atoms with Crippen LogP contribution in [0.2, 0.25) is 0 Å². The number of nitrogens with zero attached hydrogens (tertiary/aromatic N) is 2. The van der Waals surface area contributed by atoms with E-state index in [1.807, 2.05) is 0 Å². The minimum Gasteiger partial charge on any atom is -0.497 e. The van der Waals surface area contributed by atoms with Crippen LogP contribution in [0.3, 0.4) is 0 Å². The Kier molecular flexibility index (Phi) is 7.02. The van der Waals surface area contributed by atoms with Crippen LogP contribution >= 0.6 is 0 Å². The topological polar surface area (TPSA) is 102 Å². The zero-order chi connectivity index (χ0) is 23.2. The number of nitrogens with one attached hydrogen (secondary N) is 2. The van der Waals surface area contributed by atoms with Crippen molar-refractivity contribution < 1.29 is 14.3 Å². The number of hydrogen-bond donors (Lipinski definition) is 2. The molecule has 4 rings (SSSR count). The smallest absolute Gasteiger partial charge is 0.281 e. The van der Waals surface area contributed by atoms with Gasteiger partial charge in [-0.1, -0.05) is 31.4 Å². The van der Waals surface area contributed by atoms with Gasteiger partial charge in [0.1, 0.15) is 17.1 Å². The molecule has 1 saturated carbocycles. The Hall–Kier alpha value is -3.68. The minimum absolute atomic E-state index is 0.0609. The summed E-state index contributed by atoms with van der Waals surface area (Å²) in [5, 5.41) is 5.61. The van der Waals surface area contributed by atoms with E-state index >= 15 is 0 Å². The lowest BCUT2D eigenvalue weighted by atomic mass is 9.89. The molecule has 0 spiro atoms. The summed E-state index contributed by atoms with van der Waals surface area (Å²) >= 11 is 0. The van der Waals surface area contributed by atoms with Gasteiger partial charge in [0.2, 0.25) is 5.91 Å². The molecule has 0 bridgehead atoms. The van der Waals surface area contributed by atoms with Crippen LogP contribution in [0.15, 0.2) is 53.6 Å². The second kappa shape index (κ2) is 10.3. The molecule has 0 atom stereocenters. The highest BCUT2D eigenvalue weighted by molar-refractivity contribution is 5.94. The van der Waals surface area contributed by atoms with Crippen LogP contribution in [0.4, 0.5) is 5.69 Å². The van der Waals surface area contributed by atoms with Crippen molar-refractivity contribution in [2.45, 2.75) is 38.5 Å². The van der Waals surface area contributed by atoms with Gasteiger partial charge in [-0.2, -0.15) is 0 Å². The SMILES string of the molecule is COc1ccc(CC(=O)Nc2cnc3ccc(C(=O)NCC4CCCCC4)cn3c2=O)cc1. The predicted molar refractivity (Wildman–Crippen MR) is 126 cm³/mol. The number of carbonyl (C=O) groups excluding carboxylic acids is 2. The first kappa shape index (κ1) is 22.5. The summed E-state index contributed by atoms with van der Waals surface area (Å²) in [5.74, 6) is 0.665. The number of benzene rings is 1. The highest BCUT2D eigenvalue weighted by atomic mass is 16.5. The fraction of sp³-hybridized carbons (Fsp3) is 0.360. The summed E-state index contributed by atoms with van der Waals surface area (Å²) in [6, 6.07) is 10.4. The van der Waals surface area contributed by atoms with E-state index in [4.69, 9.17) is 4.74 Å². The maximum absolute atomic E-state index is 12.9. The van der Waals surface area contributed by atoms with Crippen molar-refractivity contribution in [3.05, 3.63) is 70.3 Å². The van der Waals surface area contributed by atoms with E-state index in [-0.39, 0.29) is 23.9 Å². The van der Waals surface area contributed by atoms with E-state index in [2.05, 4.69) is 15.6 Å². The fourth-order valence-corrected chi connectivity index (χ4v) is 4.15. The van der Waals surface area contributed by atoms with E-state index < -0.39 is 5.56 Å². The van der Waals surface area contributed by atoms with Gasteiger partial charge >= 0.3 is 0 Å². The number of ether oxygens (including phenoxy) is 1. The first-order valence-electron chi connectivity index (χ1n) is 11.3. The van der Waals surface area contributed by atoms with Crippen molar-refractivity contribution in [3.8, 4) is 5.75 Å². The molecule has 1 aliphatic carbocycles. The molecular weight excluding hydrogens is 420 g/mol. The van der Waals surface area contributed by atoms with E-state index in [0.29, 0.717) is 29.4 Å². The molecule has 2 N–H and O–H groups in total. The van der Waals surface area contributed by atoms with Crippen LogP contribution in [0.1, 0.15) is 48.0 Å². The van der Waals surface area contributed by atoms with Crippen molar-refractivity contribution >= 4 is 23.1 Å². The summed E-state index contributed by atoms with van der Waals surface area (Å²) in [6.45, 7) is 0.644. The zero-order valence-corrected chi connectivity index (χ0v) is 18.7. The molecular formula is C25H28N4O4. The Labute approximate surface area is 192 Å². The lowest BCUT2D eigenvalue weighted by Gasteiger charge is -2.21. The quantitative estimate of drug-likeness (QED) is 0.578. The zero-order valence-electron chi connectivity index (χ0n) is 18.7. The second-order valence-corrected chi connectivity index (χ2v) is 8.41. The number of aromatic nitrogens is 2. The van der Waals surface area contributed by atoms with Gasteiger partial charge in [0.25, 0.3) is 11.5 Å². The third-order valence-electron chi connectivity index (χ3n) is 6.04. The average Bonchev–Trinajstić information content (AvgIpc) is 2.85. The molecule has 2 aromatic heterocycles. The lowest BCUT2D eigenvalue weighted by molar-refractivity contribution is -0.115. The molecule has 1 fully saturated rings. The number of amides is 2. The monoisotopic (exact) mass is 448 g/mol. The van der Waals surface area contributed by atoms with Crippen LogP contribution in [0, 0.1) is 5.92 Å². The third kappa shape index (κ3) is 5.58. The van der Waals surface area contributed by atoms with Crippen molar-refractivity contribution in [1.82, 2.24) is 14.7 Å². The van der Waals surface area contributed by atoms with Gasteiger partial charge in [-0.3, -0.25) is 18.8 Å². The van der Waals surface area contributed by atoms with Gasteiger partial charge in [-0.15, -0.1) is 0 Å². The highest BCUT2D eigenvalue weighted by Crippen LogP contribution is 2.22. The summed E-state index contributed by atoms with van der Waals surface area (Å²) in [4.78, 5) is 42.3. The molecule has 0 radical (unpaired) electrons. The molecule has 2 heterocycles. The number of rotatable bonds is 7. The molecule has 3 aromatic rings. The molecule has 172 valence electrons. The highest BCUT2D eigenvalue weighted by Gasteiger charge is 2.16. The summed E-state index contributed by atoms with van der Waals surface area (Å²) < 4.78 is 6.41. The number of anilines is 1. The van der Waals surface area contributed by atoms with Crippen LogP contribution < -0.4 is 20.9 Å². The van der Waals surface area contributed by atoms with Crippen LogP contribution in [-0.4, -0.2) is 34.9 Å². The molecule has 0 saturated heterocycles. The Balaban J connectivity index is 1.45. The van der Waals surface area contributed by atoms with E-state index in [1.165, 1.54) is 36.1 Å². The van der Waals surface area contributed by atoms with Gasteiger partial charge in [0.15, 0.2) is 0 Å². The van der Waals surface area contributed by atoms with Crippen LogP contribution in [0.25, 0.3) is 5.65 Å². The molecule has 1 aromatic carbocycles. The largest absolute Gasteiger partial charge is 0.497 e. The van der Waals surface area contributed by atoms with Gasteiger partial charge in [-0.25, -0.2) is 4.98 Å². The summed E-state index contributed by atoms with van der Waals surface area (Å²) in [6.07, 6.45) is 8.89. The third-order valence-corrected chi connectivity index (χ3v) is 6.04. The predicted octanol–water partition coefficient (Wildman–Crippen LogP) is 3.19. The Morgan fingerprint density at radius 3 is 2.58 bits per heavy atom. The molecule has 8 heteroatoms. The van der Waals surface area contributed by atoms with Gasteiger partial charge < -0.3 is 15.4 Å². The number of methoxy groups -OCH3 is 1. The molecule has 8 nitrogen and oxygen atoms in total. The minimum atomic E-state index is -0.440. The summed E-state index contributed by atoms with van der Waals surface area (Å²) in [5.41, 5.74) is 1.19. The average molecular weight is 449 g/mol. The summed E-state index contributed by atoms with van der Waals surface area (Å²) in [7, 11) is 1.58. The Morgan fingerprint density at radius 1 is 1.09 bits per heavy atom. The number of hydrogen-bond acceptors (Lipinski definition) is 5. The van der Waals surface area contributed by atoms with Crippen molar-refractivity contribution in [1.29, 1.82) is 0 Å². The van der Waals surface area contributed by atoms with E-state index in [1.54, 1.807) is 43.5 Å². The van der Waals surface area contributed by atoms with Crippen molar-refractivity contribution in [3.63, 3.8) is 0 Å². The molecule has 0 unspecified atom stereocenters. The second-order valence-electron chi connectivity index (χ2n) is 8.41. The van der Waals surface area contributed by atoms with Gasteiger partial charge in [0, 0.05) is 12.7 Å². The van der Waals surface area contributed by atoms with E-state index in [9.17, 15) is 14.4 Å². The molecule has 33 heavy (non-hydrogen) atoms. The number of fused-ring (bicyclic) bond motifs is 1. The van der Waals surface area contributed by atoms with Crippen LogP contribution in [0.5, 0.6) is 5.75 Å². The number of carbonyl (C=O) groups is 2. The molecule has 0 aliphatic heterocycles. The molecule has 2 amide bonds. The van der Waals surface area contributed by atoms with Crippen molar-refractivity contribution in [2.75, 3.05) is 19.0 Å². The number of pyridine rings is 1. The molecule has 1 aliphatic rings. The van der Waals surface area contributed by atoms with Gasteiger partial charge in [-0.05, 0) is 48.6 Å². The lowest BCUT2D eigenvalue weighted by Crippen LogP contribution is -2.31. The maximum Gasteiger partial charge on any atom is 0.281 e. The van der Waals surface area contributed by atoms with Crippen molar-refractivity contribution in [2.24, 2.45) is 5.92 Å². The van der Waals surface area contributed by atoms with E-state index in [0.717, 1.165) is 18.4 Å². The fourth-order valence-electron chi connectivity index (χ4n) is 4.15. The maximum atomic E-state index is 12.9. The normalized spacial score (nSPS) is 14.1.